The van der Waals surface area contributed by atoms with Gasteiger partial charge in [0.15, 0.2) is 5.78 Å². The molecule has 0 aromatic heterocycles. The molecule has 0 spiro atoms. The lowest BCUT2D eigenvalue weighted by atomic mass is 10.1. The number of allylic oxidation sites excluding steroid dienone is 1. The van der Waals surface area contributed by atoms with Gasteiger partial charge in [0.25, 0.3) is 0 Å². The number of hydrogen-bond acceptors (Lipinski definition) is 4. The quantitative estimate of drug-likeness (QED) is 0.398. The van der Waals surface area contributed by atoms with E-state index in [4.69, 9.17) is 4.74 Å². The summed E-state index contributed by atoms with van der Waals surface area (Å²) in [6, 6.07) is 7.35. The molecule has 114 valence electrons. The molecular formula is C17H23NO3. The molecule has 0 bridgehead atoms. The van der Waals surface area contributed by atoms with E-state index in [2.05, 4.69) is 11.5 Å². The molecule has 0 saturated carbocycles. The second kappa shape index (κ2) is 8.95. The summed E-state index contributed by atoms with van der Waals surface area (Å²) in [6.07, 6.45) is 3.72. The summed E-state index contributed by atoms with van der Waals surface area (Å²) in [5.41, 5.74) is 1.60. The summed E-state index contributed by atoms with van der Waals surface area (Å²) >= 11 is 0. The molecule has 0 saturated heterocycles. The summed E-state index contributed by atoms with van der Waals surface area (Å²) in [5.74, 6) is -0.203. The zero-order valence-corrected chi connectivity index (χ0v) is 12.8. The van der Waals surface area contributed by atoms with Crippen LogP contribution in [0.1, 0.15) is 36.5 Å². The minimum Gasteiger partial charge on any atom is -0.462 e. The van der Waals surface area contributed by atoms with Crippen LogP contribution in [-0.4, -0.2) is 32.0 Å². The van der Waals surface area contributed by atoms with Crippen LogP contribution < -0.4 is 4.90 Å². The summed E-state index contributed by atoms with van der Waals surface area (Å²) in [5, 5.41) is 0. The third kappa shape index (κ3) is 5.81. The number of unbranched alkanes of at least 4 members (excludes halogenated alkanes) is 1. The van der Waals surface area contributed by atoms with Crippen LogP contribution in [0.3, 0.4) is 0 Å². The topological polar surface area (TPSA) is 46.6 Å². The Balaban J connectivity index is 2.44. The zero-order chi connectivity index (χ0) is 15.7. The van der Waals surface area contributed by atoms with Crippen LogP contribution >= 0.6 is 0 Å². The largest absolute Gasteiger partial charge is 0.462 e. The molecule has 21 heavy (non-hydrogen) atoms. The van der Waals surface area contributed by atoms with Crippen molar-refractivity contribution in [3.63, 3.8) is 0 Å². The molecule has 0 aliphatic rings. The van der Waals surface area contributed by atoms with Crippen LogP contribution in [0.2, 0.25) is 0 Å². The van der Waals surface area contributed by atoms with Crippen molar-refractivity contribution < 1.29 is 14.3 Å². The van der Waals surface area contributed by atoms with Gasteiger partial charge in [-0.1, -0.05) is 6.58 Å². The van der Waals surface area contributed by atoms with Crippen molar-refractivity contribution in [2.75, 3.05) is 25.1 Å². The van der Waals surface area contributed by atoms with Crippen LogP contribution in [0.15, 0.2) is 36.9 Å². The number of benzene rings is 1. The SMILES string of the molecule is C=CC(=O)CCCCN(C)c1ccc(C(=O)OCC)cc1. The van der Waals surface area contributed by atoms with Crippen LogP contribution in [0, 0.1) is 0 Å². The molecule has 4 heteroatoms. The van der Waals surface area contributed by atoms with Crippen molar-refractivity contribution >= 4 is 17.4 Å². The van der Waals surface area contributed by atoms with Crippen molar-refractivity contribution in [2.45, 2.75) is 26.2 Å². The van der Waals surface area contributed by atoms with Gasteiger partial charge in [0, 0.05) is 25.7 Å². The van der Waals surface area contributed by atoms with E-state index < -0.39 is 0 Å². The molecule has 0 radical (unpaired) electrons. The van der Waals surface area contributed by atoms with Gasteiger partial charge in [-0.15, -0.1) is 0 Å². The van der Waals surface area contributed by atoms with Crippen LogP contribution in [0.4, 0.5) is 5.69 Å². The Labute approximate surface area is 126 Å². The number of ether oxygens (including phenoxy) is 1. The van der Waals surface area contributed by atoms with Crippen molar-refractivity contribution in [1.29, 1.82) is 0 Å². The van der Waals surface area contributed by atoms with E-state index in [0.29, 0.717) is 18.6 Å². The summed E-state index contributed by atoms with van der Waals surface area (Å²) < 4.78 is 4.95. The molecule has 0 aliphatic carbocycles. The highest BCUT2D eigenvalue weighted by Gasteiger charge is 2.07. The van der Waals surface area contributed by atoms with Crippen LogP contribution in [-0.2, 0) is 9.53 Å². The van der Waals surface area contributed by atoms with Gasteiger partial charge in [-0.3, -0.25) is 4.79 Å². The predicted molar refractivity (Wildman–Crippen MR) is 84.7 cm³/mol. The van der Waals surface area contributed by atoms with Gasteiger partial charge >= 0.3 is 5.97 Å². The van der Waals surface area contributed by atoms with Gasteiger partial charge in [-0.2, -0.15) is 0 Å². The van der Waals surface area contributed by atoms with E-state index in [1.54, 1.807) is 19.1 Å². The molecule has 1 aromatic carbocycles. The number of esters is 1. The fourth-order valence-electron chi connectivity index (χ4n) is 1.95. The number of rotatable bonds is 9. The van der Waals surface area contributed by atoms with Gasteiger partial charge < -0.3 is 9.64 Å². The van der Waals surface area contributed by atoms with Gasteiger partial charge in [0.1, 0.15) is 0 Å². The second-order valence-electron chi connectivity index (χ2n) is 4.82. The van der Waals surface area contributed by atoms with Crippen molar-refractivity contribution in [3.8, 4) is 0 Å². The smallest absolute Gasteiger partial charge is 0.338 e. The molecule has 0 amide bonds. The highest BCUT2D eigenvalue weighted by atomic mass is 16.5. The van der Waals surface area contributed by atoms with Crippen LogP contribution in [0.5, 0.6) is 0 Å². The summed E-state index contributed by atoms with van der Waals surface area (Å²) in [6.45, 7) is 6.49. The maximum absolute atomic E-state index is 11.6. The molecule has 0 heterocycles. The Kier molecular flexibility index (Phi) is 7.23. The summed E-state index contributed by atoms with van der Waals surface area (Å²) in [7, 11) is 1.99. The molecule has 1 aromatic rings. The second-order valence-corrected chi connectivity index (χ2v) is 4.82. The fourth-order valence-corrected chi connectivity index (χ4v) is 1.95. The first-order valence-electron chi connectivity index (χ1n) is 7.22. The Morgan fingerprint density at radius 3 is 2.48 bits per heavy atom. The molecule has 0 N–H and O–H groups in total. The van der Waals surface area contributed by atoms with Crippen LogP contribution in [0.25, 0.3) is 0 Å². The molecular weight excluding hydrogens is 266 g/mol. The standard InChI is InChI=1S/C17H23NO3/c1-4-16(19)8-6-7-13-18(3)15-11-9-14(10-12-15)17(20)21-5-2/h4,9-12H,1,5-8,13H2,2-3H3. The number of anilines is 1. The Hall–Kier alpha value is -2.10. The monoisotopic (exact) mass is 289 g/mol. The first kappa shape index (κ1) is 17.0. The maximum atomic E-state index is 11.6. The molecule has 0 atom stereocenters. The lowest BCUT2D eigenvalue weighted by Gasteiger charge is -2.19. The van der Waals surface area contributed by atoms with E-state index in [-0.39, 0.29) is 11.8 Å². The van der Waals surface area contributed by atoms with Crippen molar-refractivity contribution in [3.05, 3.63) is 42.5 Å². The van der Waals surface area contributed by atoms with Crippen molar-refractivity contribution in [2.24, 2.45) is 0 Å². The third-order valence-corrected chi connectivity index (χ3v) is 3.21. The molecule has 0 fully saturated rings. The van der Waals surface area contributed by atoms with Gasteiger partial charge in [0.05, 0.1) is 12.2 Å². The molecule has 4 nitrogen and oxygen atoms in total. The third-order valence-electron chi connectivity index (χ3n) is 3.21. The minimum atomic E-state index is -0.297. The highest BCUT2D eigenvalue weighted by Crippen LogP contribution is 2.15. The lowest BCUT2D eigenvalue weighted by Crippen LogP contribution is -2.18. The van der Waals surface area contributed by atoms with Crippen molar-refractivity contribution in [1.82, 2.24) is 0 Å². The number of nitrogens with zero attached hydrogens (tertiary/aromatic N) is 1. The van der Waals surface area contributed by atoms with E-state index >= 15 is 0 Å². The number of carbonyl (C=O) groups excluding carboxylic acids is 2. The Morgan fingerprint density at radius 2 is 1.90 bits per heavy atom. The van der Waals surface area contributed by atoms with E-state index in [0.717, 1.165) is 25.1 Å². The molecule has 0 unspecified atom stereocenters. The number of hydrogen-bond donors (Lipinski definition) is 0. The van der Waals surface area contributed by atoms with Gasteiger partial charge in [-0.05, 0) is 50.1 Å². The first-order chi connectivity index (χ1) is 10.1. The zero-order valence-electron chi connectivity index (χ0n) is 12.8. The minimum absolute atomic E-state index is 0.0939. The van der Waals surface area contributed by atoms with Gasteiger partial charge in [-0.25, -0.2) is 4.79 Å². The van der Waals surface area contributed by atoms with E-state index in [1.807, 2.05) is 19.2 Å². The highest BCUT2D eigenvalue weighted by molar-refractivity contribution is 5.90. The Morgan fingerprint density at radius 1 is 1.24 bits per heavy atom. The van der Waals surface area contributed by atoms with Gasteiger partial charge in [0.2, 0.25) is 0 Å². The normalized spacial score (nSPS) is 10.0. The van der Waals surface area contributed by atoms with E-state index in [1.165, 1.54) is 6.08 Å². The number of ketones is 1. The average Bonchev–Trinajstić information content (AvgIpc) is 2.51. The maximum Gasteiger partial charge on any atom is 0.338 e. The summed E-state index contributed by atoms with van der Waals surface area (Å²) in [4.78, 5) is 24.8. The van der Waals surface area contributed by atoms with E-state index in [9.17, 15) is 9.59 Å². The first-order valence-corrected chi connectivity index (χ1v) is 7.22. The molecule has 0 aliphatic heterocycles. The Bertz CT molecular complexity index is 479. The average molecular weight is 289 g/mol. The lowest BCUT2D eigenvalue weighted by molar-refractivity contribution is -0.114. The molecule has 1 rings (SSSR count). The predicted octanol–water partition coefficient (Wildman–Crippen LogP) is 3.22. The number of carbonyl (C=O) groups is 2. The fraction of sp³-hybridized carbons (Fsp3) is 0.412.